The second kappa shape index (κ2) is 14.4. The highest BCUT2D eigenvalue weighted by Gasteiger charge is 2.44. The van der Waals surface area contributed by atoms with E-state index in [1.54, 1.807) is 26.2 Å². The Morgan fingerprint density at radius 2 is 1.56 bits per heavy atom. The molecule has 3 aromatic rings. The van der Waals surface area contributed by atoms with E-state index in [1.807, 2.05) is 18.7 Å². The fourth-order valence-electron chi connectivity index (χ4n) is 8.03. The number of fused-ring (bicyclic) bond motifs is 1. The van der Waals surface area contributed by atoms with Crippen molar-refractivity contribution in [3.05, 3.63) is 75.9 Å². The van der Waals surface area contributed by atoms with Crippen molar-refractivity contribution in [2.75, 3.05) is 24.6 Å². The molecule has 3 heterocycles. The summed E-state index contributed by atoms with van der Waals surface area (Å²) >= 11 is 0. The first-order valence-electron chi connectivity index (χ1n) is 18.2. The summed E-state index contributed by atoms with van der Waals surface area (Å²) in [5.41, 5.74) is 0.273. The van der Waals surface area contributed by atoms with Crippen LogP contribution in [-0.4, -0.2) is 56.4 Å². The molecule has 2 atom stereocenters. The lowest BCUT2D eigenvalue weighted by atomic mass is 9.68. The molecule has 284 valence electrons. The number of rotatable bonds is 9. The number of nitrogens with zero attached hydrogens (tertiary/aromatic N) is 4. The molecule has 3 aliphatic rings. The minimum absolute atomic E-state index is 0.0136. The smallest absolute Gasteiger partial charge is 0.416 e. The molecule has 2 unspecified atom stereocenters. The predicted molar refractivity (Wildman–Crippen MR) is 184 cm³/mol. The van der Waals surface area contributed by atoms with Crippen molar-refractivity contribution in [3.8, 4) is 5.75 Å². The number of piperidine rings is 1. The van der Waals surface area contributed by atoms with Gasteiger partial charge >= 0.3 is 6.18 Å². The van der Waals surface area contributed by atoms with Gasteiger partial charge in [-0.1, -0.05) is 26.0 Å². The summed E-state index contributed by atoms with van der Waals surface area (Å²) < 4.78 is 92.3. The molecule has 1 aromatic carbocycles. The topological polar surface area (TPSA) is 91.6 Å². The van der Waals surface area contributed by atoms with Gasteiger partial charge < -0.3 is 19.8 Å². The Balaban J connectivity index is 1.36. The number of aliphatic hydroxyl groups excluding tert-OH is 1. The van der Waals surface area contributed by atoms with Crippen molar-refractivity contribution in [2.24, 2.45) is 5.41 Å². The largest absolute Gasteiger partial charge is 0.490 e. The van der Waals surface area contributed by atoms with Crippen LogP contribution in [0.25, 0.3) is 0 Å². The average Bonchev–Trinajstić information content (AvgIpc) is 3.06. The van der Waals surface area contributed by atoms with Crippen LogP contribution in [0.4, 0.5) is 32.3 Å². The zero-order valence-corrected chi connectivity index (χ0v) is 30.1. The van der Waals surface area contributed by atoms with E-state index in [4.69, 9.17) is 9.72 Å². The maximum absolute atomic E-state index is 17.3. The summed E-state index contributed by atoms with van der Waals surface area (Å²) in [6.45, 7) is 8.78. The van der Waals surface area contributed by atoms with Gasteiger partial charge in [0.2, 0.25) is 11.9 Å². The lowest BCUT2D eigenvalue weighted by Crippen LogP contribution is -2.36. The lowest BCUT2D eigenvalue weighted by Gasteiger charge is -2.41. The van der Waals surface area contributed by atoms with Crippen LogP contribution in [0.5, 0.6) is 5.75 Å². The van der Waals surface area contributed by atoms with E-state index in [1.165, 1.54) is 0 Å². The first kappa shape index (κ1) is 38.3. The van der Waals surface area contributed by atoms with Crippen molar-refractivity contribution < 1.29 is 41.3 Å². The number of hydrogen-bond acceptors (Lipinski definition) is 7. The Morgan fingerprint density at radius 3 is 2.13 bits per heavy atom. The van der Waals surface area contributed by atoms with E-state index in [0.29, 0.717) is 86.0 Å². The van der Waals surface area contributed by atoms with Crippen LogP contribution in [0.2, 0.25) is 0 Å². The molecule has 2 aromatic heterocycles. The molecular formula is C39H48F6N4O3. The van der Waals surface area contributed by atoms with Crippen LogP contribution >= 0.6 is 0 Å². The number of pyridine rings is 1. The number of aromatic nitrogens is 3. The van der Waals surface area contributed by atoms with Crippen LogP contribution < -0.4 is 9.64 Å². The fourth-order valence-corrected chi connectivity index (χ4v) is 8.03. The van der Waals surface area contributed by atoms with Crippen molar-refractivity contribution in [1.82, 2.24) is 15.0 Å². The zero-order chi connectivity index (χ0) is 37.6. The van der Waals surface area contributed by atoms with Crippen LogP contribution in [-0.2, 0) is 12.6 Å². The summed E-state index contributed by atoms with van der Waals surface area (Å²) in [5, 5.41) is 21.5. The predicted octanol–water partition coefficient (Wildman–Crippen LogP) is 9.17. The first-order valence-corrected chi connectivity index (χ1v) is 18.2. The molecular weight excluding hydrogens is 686 g/mol. The maximum Gasteiger partial charge on any atom is 0.416 e. The Hall–Kier alpha value is -3.45. The van der Waals surface area contributed by atoms with E-state index in [2.05, 4.69) is 9.97 Å². The third kappa shape index (κ3) is 8.67. The van der Waals surface area contributed by atoms with Crippen molar-refractivity contribution >= 4 is 5.95 Å². The molecule has 13 heteroatoms. The van der Waals surface area contributed by atoms with Gasteiger partial charge in [0.15, 0.2) is 11.9 Å². The van der Waals surface area contributed by atoms with Crippen LogP contribution in [0.1, 0.15) is 142 Å². The SMILES string of the molecule is CC(C)(O)CCOc1cnc(N2CCC(c3nc4c(c(C5CCC(F)(F)CC5)c3C(F)c3ccc(C(F)(F)F)cc3)C(O)CC(C)(C)C4)CC2)nc1. The molecule has 6 rings (SSSR count). The summed E-state index contributed by atoms with van der Waals surface area (Å²) in [6.07, 6.45) is -2.46. The van der Waals surface area contributed by atoms with Crippen molar-refractivity contribution in [1.29, 1.82) is 0 Å². The normalized spacial score (nSPS) is 21.8. The third-order valence-electron chi connectivity index (χ3n) is 10.8. The fraction of sp³-hybridized carbons (Fsp3) is 0.615. The number of ether oxygens (including phenoxy) is 1. The molecule has 0 amide bonds. The number of aliphatic hydroxyl groups is 2. The average molecular weight is 735 g/mol. The van der Waals surface area contributed by atoms with Crippen molar-refractivity contribution in [2.45, 2.75) is 127 Å². The summed E-state index contributed by atoms with van der Waals surface area (Å²) in [5.74, 6) is -2.59. The molecule has 52 heavy (non-hydrogen) atoms. The van der Waals surface area contributed by atoms with Gasteiger partial charge in [0.25, 0.3) is 0 Å². The number of halogens is 6. The molecule has 2 N–H and O–H groups in total. The highest BCUT2D eigenvalue weighted by Crippen LogP contribution is 2.52. The Labute approximate surface area is 300 Å². The van der Waals surface area contributed by atoms with Crippen LogP contribution in [0.15, 0.2) is 36.7 Å². The summed E-state index contributed by atoms with van der Waals surface area (Å²) in [4.78, 5) is 16.1. The molecule has 0 spiro atoms. The highest BCUT2D eigenvalue weighted by molar-refractivity contribution is 5.51. The second-order valence-electron chi connectivity index (χ2n) is 16.2. The van der Waals surface area contributed by atoms with Crippen LogP contribution in [0, 0.1) is 5.41 Å². The standard InChI is InChI=1S/C39H48F6N4O3/c1-36(2)19-28-31(29(50)20-36)30(23-9-13-38(41,42)14-10-23)32(33(40)24-5-7-26(8-6-24)39(43,44)45)34(48-28)25-11-16-49(17-12-25)35-46-21-27(22-47-35)52-18-15-37(3,4)51/h5-8,21-23,25,29,33,50-51H,9-20H2,1-4H3. The Morgan fingerprint density at radius 1 is 0.942 bits per heavy atom. The number of alkyl halides is 6. The molecule has 2 aliphatic carbocycles. The maximum atomic E-state index is 17.3. The van der Waals surface area contributed by atoms with E-state index < -0.39 is 41.5 Å². The second-order valence-corrected chi connectivity index (χ2v) is 16.2. The van der Waals surface area contributed by atoms with Gasteiger partial charge in [-0.25, -0.2) is 23.1 Å². The Bertz CT molecular complexity index is 1690. The molecule has 0 bridgehead atoms. The number of hydrogen-bond donors (Lipinski definition) is 2. The molecule has 2 fully saturated rings. The summed E-state index contributed by atoms with van der Waals surface area (Å²) in [7, 11) is 0. The number of benzene rings is 1. The van der Waals surface area contributed by atoms with E-state index in [-0.39, 0.29) is 48.1 Å². The van der Waals surface area contributed by atoms with Gasteiger partial charge in [-0.3, -0.25) is 4.98 Å². The van der Waals surface area contributed by atoms with E-state index in [0.717, 1.165) is 24.3 Å². The monoisotopic (exact) mass is 734 g/mol. The minimum atomic E-state index is -4.60. The van der Waals surface area contributed by atoms with Gasteiger partial charge in [0.1, 0.15) is 0 Å². The summed E-state index contributed by atoms with van der Waals surface area (Å²) in [6, 6.07) is 3.97. The van der Waals surface area contributed by atoms with Gasteiger partial charge in [0.05, 0.1) is 42.0 Å². The molecule has 1 saturated carbocycles. The highest BCUT2D eigenvalue weighted by atomic mass is 19.4. The van der Waals surface area contributed by atoms with E-state index >= 15 is 4.39 Å². The van der Waals surface area contributed by atoms with Gasteiger partial charge in [-0.2, -0.15) is 13.2 Å². The zero-order valence-electron chi connectivity index (χ0n) is 30.1. The third-order valence-corrected chi connectivity index (χ3v) is 10.8. The molecule has 1 aliphatic heterocycles. The Kier molecular flexibility index (Phi) is 10.6. The van der Waals surface area contributed by atoms with Crippen molar-refractivity contribution in [3.63, 3.8) is 0 Å². The first-order chi connectivity index (χ1) is 24.3. The molecule has 0 radical (unpaired) electrons. The quantitative estimate of drug-likeness (QED) is 0.212. The van der Waals surface area contributed by atoms with Gasteiger partial charge in [-0.15, -0.1) is 0 Å². The number of anilines is 1. The van der Waals surface area contributed by atoms with Crippen LogP contribution in [0.3, 0.4) is 0 Å². The molecule has 7 nitrogen and oxygen atoms in total. The van der Waals surface area contributed by atoms with E-state index in [9.17, 15) is 32.2 Å². The van der Waals surface area contributed by atoms with Gasteiger partial charge in [-0.05, 0) is 87.0 Å². The minimum Gasteiger partial charge on any atom is -0.490 e. The van der Waals surface area contributed by atoms with Gasteiger partial charge in [0, 0.05) is 55.1 Å². The molecule has 1 saturated heterocycles. The lowest BCUT2D eigenvalue weighted by molar-refractivity contribution is -0.137.